The van der Waals surface area contributed by atoms with Crippen molar-refractivity contribution in [3.63, 3.8) is 0 Å². The summed E-state index contributed by atoms with van der Waals surface area (Å²) in [7, 11) is 1.74. The van der Waals surface area contributed by atoms with Gasteiger partial charge in [-0.05, 0) is 13.3 Å². The first-order valence-electron chi connectivity index (χ1n) is 5.99. The van der Waals surface area contributed by atoms with Crippen LogP contribution in [0, 0.1) is 0 Å². The van der Waals surface area contributed by atoms with E-state index in [1.165, 1.54) is 0 Å². The fourth-order valence-electron chi connectivity index (χ4n) is 1.22. The first kappa shape index (κ1) is 13.5. The molecule has 6 heteroatoms. The molecule has 0 unspecified atom stereocenters. The molecule has 0 spiro atoms. The Bertz CT molecular complexity index is 333. The van der Waals surface area contributed by atoms with E-state index in [0.717, 1.165) is 19.3 Å². The van der Waals surface area contributed by atoms with Crippen molar-refractivity contribution in [2.24, 2.45) is 0 Å². The maximum Gasteiger partial charge on any atom is 0.324 e. The Labute approximate surface area is 102 Å². The molecule has 17 heavy (non-hydrogen) atoms. The van der Waals surface area contributed by atoms with Crippen molar-refractivity contribution in [1.29, 1.82) is 0 Å². The van der Waals surface area contributed by atoms with Crippen LogP contribution in [0.1, 0.15) is 33.1 Å². The molecule has 0 aliphatic heterocycles. The second-order valence-electron chi connectivity index (χ2n) is 3.46. The lowest BCUT2D eigenvalue weighted by Crippen LogP contribution is -2.07. The quantitative estimate of drug-likeness (QED) is 0.700. The van der Waals surface area contributed by atoms with Gasteiger partial charge >= 0.3 is 12.0 Å². The number of nitrogens with zero attached hydrogens (tertiary/aromatic N) is 3. The predicted octanol–water partition coefficient (Wildman–Crippen LogP) is 1.88. The Morgan fingerprint density at radius 1 is 1.00 bits per heavy atom. The molecular formula is C11H20N4O2. The van der Waals surface area contributed by atoms with Gasteiger partial charge in [-0.25, -0.2) is 0 Å². The van der Waals surface area contributed by atoms with Crippen molar-refractivity contribution in [2.75, 3.05) is 25.6 Å². The third kappa shape index (κ3) is 4.84. The highest BCUT2D eigenvalue weighted by Crippen LogP contribution is 2.12. The van der Waals surface area contributed by atoms with Crippen molar-refractivity contribution in [1.82, 2.24) is 15.0 Å². The van der Waals surface area contributed by atoms with Crippen molar-refractivity contribution >= 4 is 5.95 Å². The monoisotopic (exact) mass is 240 g/mol. The van der Waals surface area contributed by atoms with Gasteiger partial charge in [0.05, 0.1) is 13.2 Å². The van der Waals surface area contributed by atoms with E-state index in [0.29, 0.717) is 25.2 Å². The summed E-state index contributed by atoms with van der Waals surface area (Å²) in [5, 5.41) is 2.85. The Kier molecular flexibility index (Phi) is 6.06. The summed E-state index contributed by atoms with van der Waals surface area (Å²) in [4.78, 5) is 12.2. The maximum atomic E-state index is 5.46. The lowest BCUT2D eigenvalue weighted by molar-refractivity contribution is 0.264. The van der Waals surface area contributed by atoms with Gasteiger partial charge in [0.15, 0.2) is 0 Å². The van der Waals surface area contributed by atoms with Crippen LogP contribution < -0.4 is 14.8 Å². The fraction of sp³-hybridized carbons (Fsp3) is 0.727. The number of hydrogen-bond acceptors (Lipinski definition) is 6. The number of anilines is 1. The van der Waals surface area contributed by atoms with E-state index < -0.39 is 0 Å². The lowest BCUT2D eigenvalue weighted by Gasteiger charge is -2.07. The van der Waals surface area contributed by atoms with Crippen molar-refractivity contribution in [3.8, 4) is 12.0 Å². The molecular weight excluding hydrogens is 220 g/mol. The highest BCUT2D eigenvalue weighted by molar-refractivity contribution is 5.26. The minimum atomic E-state index is 0.289. The summed E-state index contributed by atoms with van der Waals surface area (Å²) in [6.07, 6.45) is 3.30. The lowest BCUT2D eigenvalue weighted by atomic mass is 10.3. The van der Waals surface area contributed by atoms with Crippen molar-refractivity contribution in [2.45, 2.75) is 33.1 Å². The average molecular weight is 240 g/mol. The second-order valence-corrected chi connectivity index (χ2v) is 3.46. The summed E-state index contributed by atoms with van der Waals surface area (Å²) in [6.45, 7) is 5.16. The molecule has 0 saturated carbocycles. The molecule has 1 N–H and O–H groups in total. The molecule has 0 amide bonds. The molecule has 0 atom stereocenters. The molecule has 1 heterocycles. The normalized spacial score (nSPS) is 10.1. The molecule has 0 aliphatic carbocycles. The fourth-order valence-corrected chi connectivity index (χ4v) is 1.22. The van der Waals surface area contributed by atoms with Crippen LogP contribution in [0.4, 0.5) is 5.95 Å². The SMILES string of the molecule is CCCCCOc1nc(NC)nc(OCC)n1. The predicted molar refractivity (Wildman–Crippen MR) is 65.6 cm³/mol. The molecule has 1 aromatic rings. The molecule has 0 fully saturated rings. The van der Waals surface area contributed by atoms with Gasteiger partial charge in [0.2, 0.25) is 5.95 Å². The zero-order valence-electron chi connectivity index (χ0n) is 10.7. The van der Waals surface area contributed by atoms with Crippen molar-refractivity contribution < 1.29 is 9.47 Å². The van der Waals surface area contributed by atoms with Crippen molar-refractivity contribution in [3.05, 3.63) is 0 Å². The van der Waals surface area contributed by atoms with Crippen LogP contribution in [-0.4, -0.2) is 35.2 Å². The molecule has 1 rings (SSSR count). The van der Waals surface area contributed by atoms with Crippen LogP contribution in [0.25, 0.3) is 0 Å². The molecule has 96 valence electrons. The van der Waals surface area contributed by atoms with Crippen LogP contribution >= 0.6 is 0 Å². The van der Waals surface area contributed by atoms with Gasteiger partial charge in [-0.15, -0.1) is 4.98 Å². The van der Waals surface area contributed by atoms with E-state index in [1.54, 1.807) is 7.05 Å². The van der Waals surface area contributed by atoms with Crippen LogP contribution in [-0.2, 0) is 0 Å². The highest BCUT2D eigenvalue weighted by Gasteiger charge is 2.06. The number of aromatic nitrogens is 3. The van der Waals surface area contributed by atoms with E-state index in [9.17, 15) is 0 Å². The van der Waals surface area contributed by atoms with E-state index in [4.69, 9.17) is 9.47 Å². The molecule has 0 bridgehead atoms. The number of ether oxygens (including phenoxy) is 2. The van der Waals surface area contributed by atoms with Gasteiger partial charge in [0.1, 0.15) is 0 Å². The first-order chi connectivity index (χ1) is 8.30. The van der Waals surface area contributed by atoms with Gasteiger partial charge in [0, 0.05) is 7.05 Å². The van der Waals surface area contributed by atoms with Gasteiger partial charge in [0.25, 0.3) is 0 Å². The van der Waals surface area contributed by atoms with E-state index in [-0.39, 0.29) is 6.01 Å². The van der Waals surface area contributed by atoms with E-state index in [2.05, 4.69) is 27.2 Å². The Balaban J connectivity index is 2.59. The second kappa shape index (κ2) is 7.65. The van der Waals surface area contributed by atoms with Crippen LogP contribution in [0.2, 0.25) is 0 Å². The summed E-state index contributed by atoms with van der Waals surface area (Å²) >= 11 is 0. The Morgan fingerprint density at radius 2 is 1.71 bits per heavy atom. The molecule has 6 nitrogen and oxygen atoms in total. The van der Waals surface area contributed by atoms with Crippen LogP contribution in [0.3, 0.4) is 0 Å². The maximum absolute atomic E-state index is 5.46. The molecule has 0 radical (unpaired) electrons. The van der Waals surface area contributed by atoms with Gasteiger partial charge in [-0.2, -0.15) is 9.97 Å². The standard InChI is InChI=1S/C11H20N4O2/c1-4-6-7-8-17-11-14-9(12-3)13-10(15-11)16-5-2/h4-8H2,1-3H3,(H,12,13,14,15). The smallest absolute Gasteiger partial charge is 0.324 e. The topological polar surface area (TPSA) is 69.2 Å². The van der Waals surface area contributed by atoms with E-state index in [1.807, 2.05) is 6.92 Å². The number of hydrogen-bond donors (Lipinski definition) is 1. The number of nitrogens with one attached hydrogen (secondary N) is 1. The highest BCUT2D eigenvalue weighted by atomic mass is 16.5. The molecule has 0 aliphatic rings. The minimum absolute atomic E-state index is 0.289. The average Bonchev–Trinajstić information content (AvgIpc) is 2.35. The number of unbranched alkanes of at least 4 members (excludes halogenated alkanes) is 2. The van der Waals surface area contributed by atoms with Gasteiger partial charge < -0.3 is 14.8 Å². The van der Waals surface area contributed by atoms with Crippen LogP contribution in [0.5, 0.6) is 12.0 Å². The summed E-state index contributed by atoms with van der Waals surface area (Å²) < 4.78 is 10.7. The minimum Gasteiger partial charge on any atom is -0.464 e. The van der Waals surface area contributed by atoms with Gasteiger partial charge in [-0.3, -0.25) is 0 Å². The Morgan fingerprint density at radius 3 is 2.29 bits per heavy atom. The summed E-state index contributed by atoms with van der Waals surface area (Å²) in [5.41, 5.74) is 0. The summed E-state index contributed by atoms with van der Waals surface area (Å²) in [5.74, 6) is 0.453. The third-order valence-corrected chi connectivity index (χ3v) is 2.07. The largest absolute Gasteiger partial charge is 0.464 e. The third-order valence-electron chi connectivity index (χ3n) is 2.07. The van der Waals surface area contributed by atoms with Gasteiger partial charge in [-0.1, -0.05) is 19.8 Å². The van der Waals surface area contributed by atoms with E-state index >= 15 is 0 Å². The zero-order chi connectivity index (χ0) is 12.5. The first-order valence-corrected chi connectivity index (χ1v) is 5.99. The molecule has 1 aromatic heterocycles. The zero-order valence-corrected chi connectivity index (χ0v) is 10.7. The molecule has 0 aromatic carbocycles. The Hall–Kier alpha value is -1.59. The number of rotatable bonds is 8. The van der Waals surface area contributed by atoms with Crippen LogP contribution in [0.15, 0.2) is 0 Å². The molecule has 0 saturated heterocycles. The summed E-state index contributed by atoms with van der Waals surface area (Å²) in [6, 6.07) is 0.598.